The molecule has 0 radical (unpaired) electrons. The van der Waals surface area contributed by atoms with Gasteiger partial charge in [0.2, 0.25) is 5.91 Å². The predicted octanol–water partition coefficient (Wildman–Crippen LogP) is 2.50. The highest BCUT2D eigenvalue weighted by Gasteiger charge is 2.23. The molecule has 4 nitrogen and oxygen atoms in total. The number of anilines is 1. The van der Waals surface area contributed by atoms with Crippen LogP contribution in [0.2, 0.25) is 0 Å². The van der Waals surface area contributed by atoms with Crippen molar-refractivity contribution in [3.8, 4) is 0 Å². The van der Waals surface area contributed by atoms with E-state index in [1.165, 1.54) is 11.1 Å². The standard InChI is InChI=1S/C15H14BrN3O/c16-14-6-5-12(9-18-14)19-15(20)13-7-10-3-1-2-4-11(10)8-17-13/h1-6,9,13,17H,7-8H2,(H,19,20)/t13-/m1/s1. The Hall–Kier alpha value is -1.72. The summed E-state index contributed by atoms with van der Waals surface area (Å²) in [5, 5.41) is 6.15. The van der Waals surface area contributed by atoms with Crippen molar-refractivity contribution in [3.63, 3.8) is 0 Å². The molecule has 0 saturated heterocycles. The number of nitrogens with one attached hydrogen (secondary N) is 2. The minimum absolute atomic E-state index is 0.0244. The summed E-state index contributed by atoms with van der Waals surface area (Å²) >= 11 is 3.27. The molecule has 1 atom stereocenters. The van der Waals surface area contributed by atoms with E-state index in [0.29, 0.717) is 12.1 Å². The number of carbonyl (C=O) groups excluding carboxylic acids is 1. The van der Waals surface area contributed by atoms with Gasteiger partial charge in [-0.1, -0.05) is 24.3 Å². The summed E-state index contributed by atoms with van der Waals surface area (Å²) in [5.74, 6) is -0.0244. The minimum atomic E-state index is -0.200. The maximum atomic E-state index is 12.2. The van der Waals surface area contributed by atoms with Crippen LogP contribution in [0.15, 0.2) is 47.2 Å². The van der Waals surface area contributed by atoms with Gasteiger partial charge in [0.25, 0.3) is 0 Å². The molecule has 1 aromatic carbocycles. The SMILES string of the molecule is O=C(Nc1ccc(Br)nc1)[C@H]1Cc2ccccc2CN1. The number of nitrogens with zero attached hydrogens (tertiary/aromatic N) is 1. The lowest BCUT2D eigenvalue weighted by atomic mass is 9.95. The van der Waals surface area contributed by atoms with E-state index in [1.807, 2.05) is 18.2 Å². The van der Waals surface area contributed by atoms with Gasteiger partial charge in [-0.3, -0.25) is 4.79 Å². The molecule has 5 heteroatoms. The maximum Gasteiger partial charge on any atom is 0.241 e. The predicted molar refractivity (Wildman–Crippen MR) is 81.3 cm³/mol. The number of pyridine rings is 1. The summed E-state index contributed by atoms with van der Waals surface area (Å²) in [6.45, 7) is 0.729. The van der Waals surface area contributed by atoms with Crippen LogP contribution < -0.4 is 10.6 Å². The number of hydrogen-bond donors (Lipinski definition) is 2. The van der Waals surface area contributed by atoms with Gasteiger partial charge in [0.1, 0.15) is 4.60 Å². The monoisotopic (exact) mass is 331 g/mol. The van der Waals surface area contributed by atoms with Gasteiger partial charge in [0, 0.05) is 6.54 Å². The maximum absolute atomic E-state index is 12.2. The average molecular weight is 332 g/mol. The first kappa shape index (κ1) is 13.3. The second-order valence-electron chi connectivity index (χ2n) is 4.77. The average Bonchev–Trinajstić information content (AvgIpc) is 2.49. The number of hydrogen-bond acceptors (Lipinski definition) is 3. The van der Waals surface area contributed by atoms with E-state index >= 15 is 0 Å². The minimum Gasteiger partial charge on any atom is -0.323 e. The van der Waals surface area contributed by atoms with Crippen LogP contribution in [-0.4, -0.2) is 16.9 Å². The Morgan fingerprint density at radius 2 is 2.05 bits per heavy atom. The summed E-state index contributed by atoms with van der Waals surface area (Å²) in [6, 6.07) is 11.6. The lowest BCUT2D eigenvalue weighted by Crippen LogP contribution is -2.44. The van der Waals surface area contributed by atoms with Crippen molar-refractivity contribution in [1.82, 2.24) is 10.3 Å². The van der Waals surface area contributed by atoms with E-state index in [9.17, 15) is 4.79 Å². The van der Waals surface area contributed by atoms with Crippen molar-refractivity contribution in [2.24, 2.45) is 0 Å². The Morgan fingerprint density at radius 3 is 2.80 bits per heavy atom. The molecule has 2 N–H and O–H groups in total. The van der Waals surface area contributed by atoms with Crippen molar-refractivity contribution in [1.29, 1.82) is 0 Å². The van der Waals surface area contributed by atoms with Gasteiger partial charge in [-0.25, -0.2) is 4.98 Å². The van der Waals surface area contributed by atoms with E-state index in [-0.39, 0.29) is 11.9 Å². The van der Waals surface area contributed by atoms with Crippen LogP contribution in [0.25, 0.3) is 0 Å². The van der Waals surface area contributed by atoms with Crippen LogP contribution in [0.3, 0.4) is 0 Å². The smallest absolute Gasteiger partial charge is 0.241 e. The Labute approximate surface area is 125 Å². The highest BCUT2D eigenvalue weighted by Crippen LogP contribution is 2.17. The molecule has 0 fully saturated rings. The zero-order chi connectivity index (χ0) is 13.9. The van der Waals surface area contributed by atoms with Crippen LogP contribution in [0, 0.1) is 0 Å². The first-order chi connectivity index (χ1) is 9.72. The Bertz CT molecular complexity index is 627. The summed E-state index contributed by atoms with van der Waals surface area (Å²) in [7, 11) is 0. The van der Waals surface area contributed by atoms with Crippen LogP contribution in [0.4, 0.5) is 5.69 Å². The van der Waals surface area contributed by atoms with Gasteiger partial charge < -0.3 is 10.6 Å². The summed E-state index contributed by atoms with van der Waals surface area (Å²) in [6.07, 6.45) is 2.35. The van der Waals surface area contributed by atoms with E-state index in [2.05, 4.69) is 43.7 Å². The van der Waals surface area contributed by atoms with Gasteiger partial charge in [-0.05, 0) is 45.6 Å². The quantitative estimate of drug-likeness (QED) is 0.831. The number of fused-ring (bicyclic) bond motifs is 1. The van der Waals surface area contributed by atoms with Crippen molar-refractivity contribution < 1.29 is 4.79 Å². The second-order valence-corrected chi connectivity index (χ2v) is 5.58. The molecule has 2 heterocycles. The highest BCUT2D eigenvalue weighted by atomic mass is 79.9. The molecular formula is C15H14BrN3O. The van der Waals surface area contributed by atoms with Crippen LogP contribution in [0.1, 0.15) is 11.1 Å². The van der Waals surface area contributed by atoms with Gasteiger partial charge in [0.05, 0.1) is 17.9 Å². The summed E-state index contributed by atoms with van der Waals surface area (Å²) in [4.78, 5) is 16.3. The zero-order valence-corrected chi connectivity index (χ0v) is 12.4. The Morgan fingerprint density at radius 1 is 1.25 bits per heavy atom. The zero-order valence-electron chi connectivity index (χ0n) is 10.8. The number of benzene rings is 1. The molecule has 102 valence electrons. The van der Waals surface area contributed by atoms with Crippen LogP contribution in [0.5, 0.6) is 0 Å². The fraction of sp³-hybridized carbons (Fsp3) is 0.200. The number of amides is 1. The third-order valence-corrected chi connectivity index (χ3v) is 3.86. The first-order valence-electron chi connectivity index (χ1n) is 6.45. The van der Waals surface area contributed by atoms with E-state index in [4.69, 9.17) is 0 Å². The van der Waals surface area contributed by atoms with Gasteiger partial charge in [-0.15, -0.1) is 0 Å². The molecule has 0 bridgehead atoms. The van der Waals surface area contributed by atoms with Crippen molar-refractivity contribution in [2.75, 3.05) is 5.32 Å². The number of halogens is 1. The number of carbonyl (C=O) groups is 1. The largest absolute Gasteiger partial charge is 0.323 e. The topological polar surface area (TPSA) is 54.0 Å². The highest BCUT2D eigenvalue weighted by molar-refractivity contribution is 9.10. The molecule has 1 aliphatic heterocycles. The molecule has 0 aliphatic carbocycles. The fourth-order valence-electron chi connectivity index (χ4n) is 2.32. The molecular weight excluding hydrogens is 318 g/mol. The first-order valence-corrected chi connectivity index (χ1v) is 7.24. The van der Waals surface area contributed by atoms with Gasteiger partial charge >= 0.3 is 0 Å². The molecule has 1 aliphatic rings. The summed E-state index contributed by atoms with van der Waals surface area (Å²) in [5.41, 5.74) is 3.21. The van der Waals surface area contributed by atoms with Crippen molar-refractivity contribution in [3.05, 3.63) is 58.3 Å². The van der Waals surface area contributed by atoms with E-state index in [1.54, 1.807) is 12.3 Å². The van der Waals surface area contributed by atoms with Gasteiger partial charge in [0.15, 0.2) is 0 Å². The summed E-state index contributed by atoms with van der Waals surface area (Å²) < 4.78 is 0.750. The lowest BCUT2D eigenvalue weighted by molar-refractivity contribution is -0.118. The van der Waals surface area contributed by atoms with E-state index in [0.717, 1.165) is 11.1 Å². The Kier molecular flexibility index (Phi) is 3.80. The van der Waals surface area contributed by atoms with Crippen LogP contribution in [-0.2, 0) is 17.8 Å². The Balaban J connectivity index is 1.68. The molecule has 2 aromatic rings. The number of aromatic nitrogens is 1. The molecule has 0 saturated carbocycles. The molecule has 3 rings (SSSR count). The van der Waals surface area contributed by atoms with Crippen molar-refractivity contribution in [2.45, 2.75) is 19.0 Å². The van der Waals surface area contributed by atoms with E-state index < -0.39 is 0 Å². The van der Waals surface area contributed by atoms with Crippen LogP contribution >= 0.6 is 15.9 Å². The molecule has 20 heavy (non-hydrogen) atoms. The van der Waals surface area contributed by atoms with Gasteiger partial charge in [-0.2, -0.15) is 0 Å². The normalized spacial score (nSPS) is 17.4. The third-order valence-electron chi connectivity index (χ3n) is 3.39. The second kappa shape index (κ2) is 5.73. The fourth-order valence-corrected chi connectivity index (χ4v) is 2.55. The number of rotatable bonds is 2. The third kappa shape index (κ3) is 2.89. The van der Waals surface area contributed by atoms with Crippen molar-refractivity contribution >= 4 is 27.5 Å². The molecule has 0 spiro atoms. The molecule has 1 amide bonds. The lowest BCUT2D eigenvalue weighted by Gasteiger charge is -2.25. The molecule has 0 unspecified atom stereocenters. The molecule has 1 aromatic heterocycles.